The highest BCUT2D eigenvalue weighted by Crippen LogP contribution is 2.31. The van der Waals surface area contributed by atoms with Crippen molar-refractivity contribution in [3.05, 3.63) is 94.0 Å². The highest BCUT2D eigenvalue weighted by molar-refractivity contribution is 6.31. The lowest BCUT2D eigenvalue weighted by Crippen LogP contribution is -2.49. The third kappa shape index (κ3) is 4.29. The topological polar surface area (TPSA) is 36.4 Å². The zero-order chi connectivity index (χ0) is 22.9. The van der Waals surface area contributed by atoms with Crippen LogP contribution < -0.4 is 4.90 Å². The fraction of sp³-hybridized carbons (Fsp3) is 0.185. The molecule has 0 aliphatic carbocycles. The fourth-order valence-electron chi connectivity index (χ4n) is 4.45. The Morgan fingerprint density at radius 2 is 1.42 bits per heavy atom. The van der Waals surface area contributed by atoms with Gasteiger partial charge in [-0.3, -0.25) is 4.79 Å². The van der Waals surface area contributed by atoms with Gasteiger partial charge in [-0.2, -0.15) is 0 Å². The average Bonchev–Trinajstić information content (AvgIpc) is 2.84. The first-order valence-electron chi connectivity index (χ1n) is 11.0. The van der Waals surface area contributed by atoms with Crippen molar-refractivity contribution in [3.8, 4) is 11.3 Å². The summed E-state index contributed by atoms with van der Waals surface area (Å²) in [5.41, 5.74) is 5.32. The van der Waals surface area contributed by atoms with Crippen LogP contribution in [0.5, 0.6) is 0 Å². The molecule has 0 unspecified atom stereocenters. The van der Waals surface area contributed by atoms with Gasteiger partial charge >= 0.3 is 0 Å². The summed E-state index contributed by atoms with van der Waals surface area (Å²) in [6.45, 7) is 4.86. The molecule has 0 spiro atoms. The second-order valence-electron chi connectivity index (χ2n) is 8.24. The van der Waals surface area contributed by atoms with Gasteiger partial charge in [0.05, 0.1) is 16.8 Å². The molecule has 1 saturated heterocycles. The standard InChI is InChI=1S/C27H23Cl2N3O/c1-18-25(27(33)32-16-14-31(15-17-32)22-12-10-21(29)11-13-22)23-4-2-3-5-24(23)30-26(18)19-6-8-20(28)9-7-19/h2-13H,14-17H2,1H3. The lowest BCUT2D eigenvalue weighted by molar-refractivity contribution is 0.0748. The van der Waals surface area contributed by atoms with Crippen LogP contribution in [0.3, 0.4) is 0 Å². The first kappa shape index (κ1) is 21.7. The summed E-state index contributed by atoms with van der Waals surface area (Å²) in [5.74, 6) is 0.0528. The summed E-state index contributed by atoms with van der Waals surface area (Å²) in [6, 6.07) is 23.3. The van der Waals surface area contributed by atoms with E-state index in [1.165, 1.54) is 0 Å². The average molecular weight is 476 g/mol. The molecule has 33 heavy (non-hydrogen) atoms. The predicted molar refractivity (Wildman–Crippen MR) is 136 cm³/mol. The number of piperazine rings is 1. The first-order valence-corrected chi connectivity index (χ1v) is 11.7. The molecule has 1 aromatic heterocycles. The number of fused-ring (bicyclic) bond motifs is 1. The number of nitrogens with zero attached hydrogens (tertiary/aromatic N) is 3. The van der Waals surface area contributed by atoms with Gasteiger partial charge in [0, 0.05) is 52.9 Å². The van der Waals surface area contributed by atoms with Crippen molar-refractivity contribution in [2.45, 2.75) is 6.92 Å². The largest absolute Gasteiger partial charge is 0.368 e. The van der Waals surface area contributed by atoms with Crippen LogP contribution in [0.15, 0.2) is 72.8 Å². The van der Waals surface area contributed by atoms with Gasteiger partial charge in [-0.25, -0.2) is 4.98 Å². The zero-order valence-corrected chi connectivity index (χ0v) is 19.8. The fourth-order valence-corrected chi connectivity index (χ4v) is 4.70. The molecule has 5 rings (SSSR count). The Morgan fingerprint density at radius 1 is 0.818 bits per heavy atom. The van der Waals surface area contributed by atoms with Crippen LogP contribution in [0.1, 0.15) is 15.9 Å². The Balaban J connectivity index is 1.47. The summed E-state index contributed by atoms with van der Waals surface area (Å²) >= 11 is 12.1. The van der Waals surface area contributed by atoms with Crippen LogP contribution in [-0.4, -0.2) is 42.0 Å². The zero-order valence-electron chi connectivity index (χ0n) is 18.3. The van der Waals surface area contributed by atoms with Crippen molar-refractivity contribution >= 4 is 45.7 Å². The third-order valence-corrected chi connectivity index (χ3v) is 6.73. The van der Waals surface area contributed by atoms with Crippen molar-refractivity contribution in [2.75, 3.05) is 31.1 Å². The highest BCUT2D eigenvalue weighted by Gasteiger charge is 2.26. The Hall–Kier alpha value is -3.08. The van der Waals surface area contributed by atoms with E-state index < -0.39 is 0 Å². The maximum Gasteiger partial charge on any atom is 0.255 e. The summed E-state index contributed by atoms with van der Waals surface area (Å²) in [7, 11) is 0. The Kier molecular flexibility index (Phi) is 5.96. The molecule has 3 aromatic carbocycles. The van der Waals surface area contributed by atoms with E-state index in [9.17, 15) is 4.79 Å². The van der Waals surface area contributed by atoms with Crippen molar-refractivity contribution in [3.63, 3.8) is 0 Å². The van der Waals surface area contributed by atoms with Crippen LogP contribution in [0.4, 0.5) is 5.69 Å². The lowest BCUT2D eigenvalue weighted by Gasteiger charge is -2.36. The predicted octanol–water partition coefficient (Wildman–Crippen LogP) is 6.48. The number of para-hydroxylation sites is 1. The number of hydrogen-bond donors (Lipinski definition) is 0. The van der Waals surface area contributed by atoms with Gasteiger partial charge in [-0.15, -0.1) is 0 Å². The van der Waals surface area contributed by atoms with Gasteiger partial charge in [0.25, 0.3) is 5.91 Å². The maximum absolute atomic E-state index is 13.8. The number of pyridine rings is 1. The van der Waals surface area contributed by atoms with E-state index in [-0.39, 0.29) is 5.91 Å². The minimum absolute atomic E-state index is 0.0528. The van der Waals surface area contributed by atoms with Crippen LogP contribution in [0, 0.1) is 6.92 Å². The minimum Gasteiger partial charge on any atom is -0.368 e. The second-order valence-corrected chi connectivity index (χ2v) is 9.11. The van der Waals surface area contributed by atoms with Crippen LogP contribution >= 0.6 is 23.2 Å². The molecular formula is C27H23Cl2N3O. The Bertz CT molecular complexity index is 1310. The molecule has 1 aliphatic rings. The number of anilines is 1. The Morgan fingerprint density at radius 3 is 2.09 bits per heavy atom. The normalized spacial score (nSPS) is 14.0. The van der Waals surface area contributed by atoms with E-state index in [1.54, 1.807) is 0 Å². The van der Waals surface area contributed by atoms with E-state index in [0.717, 1.165) is 57.1 Å². The number of hydrogen-bond acceptors (Lipinski definition) is 3. The van der Waals surface area contributed by atoms with Gasteiger partial charge in [-0.05, 0) is 55.0 Å². The number of aromatic nitrogens is 1. The lowest BCUT2D eigenvalue weighted by atomic mass is 9.96. The number of amides is 1. The van der Waals surface area contributed by atoms with E-state index in [1.807, 2.05) is 84.6 Å². The van der Waals surface area contributed by atoms with Crippen molar-refractivity contribution < 1.29 is 4.79 Å². The molecule has 1 amide bonds. The van der Waals surface area contributed by atoms with Crippen LogP contribution in [-0.2, 0) is 0 Å². The third-order valence-electron chi connectivity index (χ3n) is 6.23. The maximum atomic E-state index is 13.8. The molecule has 4 aromatic rings. The number of carbonyl (C=O) groups excluding carboxylic acids is 1. The number of benzene rings is 3. The second kappa shape index (κ2) is 9.05. The molecule has 6 heteroatoms. The first-order chi connectivity index (χ1) is 16.0. The summed E-state index contributed by atoms with van der Waals surface area (Å²) in [5, 5.41) is 2.29. The van der Waals surface area contributed by atoms with Crippen molar-refractivity contribution in [1.29, 1.82) is 0 Å². The van der Waals surface area contributed by atoms with Crippen molar-refractivity contribution in [2.24, 2.45) is 0 Å². The van der Waals surface area contributed by atoms with Gasteiger partial charge < -0.3 is 9.80 Å². The molecule has 0 radical (unpaired) electrons. The molecule has 4 nitrogen and oxygen atoms in total. The monoisotopic (exact) mass is 475 g/mol. The van der Waals surface area contributed by atoms with Gasteiger partial charge in [-0.1, -0.05) is 53.5 Å². The number of carbonyl (C=O) groups is 1. The quantitative estimate of drug-likeness (QED) is 0.340. The molecule has 2 heterocycles. The van der Waals surface area contributed by atoms with Crippen LogP contribution in [0.25, 0.3) is 22.2 Å². The SMILES string of the molecule is Cc1c(-c2ccc(Cl)cc2)nc2ccccc2c1C(=O)N1CCN(c2ccc(Cl)cc2)CC1. The summed E-state index contributed by atoms with van der Waals surface area (Å²) in [6.07, 6.45) is 0. The molecule has 1 fully saturated rings. The molecule has 0 bridgehead atoms. The molecule has 0 saturated carbocycles. The summed E-state index contributed by atoms with van der Waals surface area (Å²) in [4.78, 5) is 22.9. The van der Waals surface area contributed by atoms with E-state index in [2.05, 4.69) is 4.90 Å². The molecule has 0 N–H and O–H groups in total. The minimum atomic E-state index is 0.0528. The van der Waals surface area contributed by atoms with Gasteiger partial charge in [0.2, 0.25) is 0 Å². The highest BCUT2D eigenvalue weighted by atomic mass is 35.5. The van der Waals surface area contributed by atoms with Crippen molar-refractivity contribution in [1.82, 2.24) is 9.88 Å². The summed E-state index contributed by atoms with van der Waals surface area (Å²) < 4.78 is 0. The van der Waals surface area contributed by atoms with E-state index in [0.29, 0.717) is 18.1 Å². The van der Waals surface area contributed by atoms with E-state index in [4.69, 9.17) is 28.2 Å². The number of rotatable bonds is 3. The Labute approximate surface area is 203 Å². The van der Waals surface area contributed by atoms with E-state index >= 15 is 0 Å². The number of halogens is 2. The van der Waals surface area contributed by atoms with Crippen LogP contribution in [0.2, 0.25) is 10.0 Å². The molecule has 1 aliphatic heterocycles. The smallest absolute Gasteiger partial charge is 0.255 e. The molecular weight excluding hydrogens is 453 g/mol. The molecule has 0 atom stereocenters. The van der Waals surface area contributed by atoms with Gasteiger partial charge in [0.1, 0.15) is 0 Å². The van der Waals surface area contributed by atoms with Gasteiger partial charge in [0.15, 0.2) is 0 Å². The molecule has 166 valence electrons.